The maximum Gasteiger partial charge on any atom is 0.306 e. The highest BCUT2D eigenvalue weighted by Gasteiger charge is 2.30. The van der Waals surface area contributed by atoms with Crippen molar-refractivity contribution in [2.45, 2.75) is 31.7 Å². The molecule has 0 atom stereocenters. The van der Waals surface area contributed by atoms with E-state index in [1.54, 1.807) is 0 Å². The van der Waals surface area contributed by atoms with Crippen molar-refractivity contribution in [2.24, 2.45) is 5.92 Å². The number of hydrogen-bond donors (Lipinski definition) is 3. The Hall–Kier alpha value is -4.33. The molecule has 33 heavy (non-hydrogen) atoms. The number of rotatable bonds is 3. The van der Waals surface area contributed by atoms with Gasteiger partial charge in [0.1, 0.15) is 23.7 Å². The van der Waals surface area contributed by atoms with Crippen molar-refractivity contribution in [1.29, 1.82) is 5.26 Å². The standard InChI is InChI=1S/C22H18FN7O3/c23-14-6-3-11(8-24)16-13(14)7-15(28-16)17-21(31)30(12-4-1-10(2-5-12)22(32)33)20-18(29-17)19(25)26-9-27-20/h3,6-7,9-10,12,28H,1-2,4-5H2,(H,32,33)(H2,25,26,27). The van der Waals surface area contributed by atoms with E-state index in [2.05, 4.69) is 19.9 Å². The number of halogens is 1. The van der Waals surface area contributed by atoms with Gasteiger partial charge in [0.25, 0.3) is 5.56 Å². The first-order valence-corrected chi connectivity index (χ1v) is 10.4. The number of fused-ring (bicyclic) bond motifs is 2. The quantitative estimate of drug-likeness (QED) is 0.431. The lowest BCUT2D eigenvalue weighted by Crippen LogP contribution is -2.32. The number of nitrogens with zero attached hydrogens (tertiary/aromatic N) is 5. The molecule has 0 aliphatic heterocycles. The predicted octanol–water partition coefficient (Wildman–Crippen LogP) is 2.74. The summed E-state index contributed by atoms with van der Waals surface area (Å²) in [6, 6.07) is 5.69. The first-order chi connectivity index (χ1) is 15.9. The van der Waals surface area contributed by atoms with Crippen molar-refractivity contribution in [3.05, 3.63) is 46.3 Å². The molecule has 0 saturated heterocycles. The third-order valence-electron chi connectivity index (χ3n) is 6.23. The largest absolute Gasteiger partial charge is 0.481 e. The van der Waals surface area contributed by atoms with E-state index in [-0.39, 0.29) is 50.9 Å². The molecule has 3 aromatic heterocycles. The van der Waals surface area contributed by atoms with Crippen LogP contribution in [0.1, 0.15) is 37.3 Å². The Balaban J connectivity index is 1.73. The lowest BCUT2D eigenvalue weighted by atomic mass is 9.86. The van der Waals surface area contributed by atoms with Gasteiger partial charge in [-0.05, 0) is 43.9 Å². The van der Waals surface area contributed by atoms with Gasteiger partial charge in [-0.1, -0.05) is 0 Å². The van der Waals surface area contributed by atoms with Crippen LogP contribution in [0.25, 0.3) is 33.5 Å². The zero-order valence-corrected chi connectivity index (χ0v) is 17.2. The molecule has 0 unspecified atom stereocenters. The molecule has 10 nitrogen and oxygen atoms in total. The van der Waals surface area contributed by atoms with Gasteiger partial charge < -0.3 is 15.8 Å². The molecule has 11 heteroatoms. The minimum atomic E-state index is -0.846. The average molecular weight is 447 g/mol. The van der Waals surface area contributed by atoms with Crippen LogP contribution in [-0.2, 0) is 4.79 Å². The van der Waals surface area contributed by atoms with Crippen LogP contribution in [0.4, 0.5) is 10.2 Å². The molecule has 1 aromatic carbocycles. The van der Waals surface area contributed by atoms with Gasteiger partial charge in [-0.25, -0.2) is 19.3 Å². The molecule has 166 valence electrons. The number of carbonyl (C=O) groups is 1. The first-order valence-electron chi connectivity index (χ1n) is 10.4. The molecular formula is C22H18FN7O3. The van der Waals surface area contributed by atoms with Gasteiger partial charge in [-0.3, -0.25) is 14.2 Å². The van der Waals surface area contributed by atoms with E-state index >= 15 is 0 Å². The van der Waals surface area contributed by atoms with Crippen molar-refractivity contribution in [3.8, 4) is 17.5 Å². The summed E-state index contributed by atoms with van der Waals surface area (Å²) in [7, 11) is 0. The molecular weight excluding hydrogens is 429 g/mol. The number of hydrogen-bond acceptors (Lipinski definition) is 7. The number of H-pyrrole nitrogens is 1. The fourth-order valence-electron chi connectivity index (χ4n) is 4.54. The van der Waals surface area contributed by atoms with Crippen LogP contribution in [0, 0.1) is 23.1 Å². The number of benzene rings is 1. The molecule has 5 rings (SSSR count). The molecule has 1 fully saturated rings. The monoisotopic (exact) mass is 447 g/mol. The van der Waals surface area contributed by atoms with E-state index < -0.39 is 23.3 Å². The van der Waals surface area contributed by atoms with Crippen LogP contribution in [0.3, 0.4) is 0 Å². The number of carboxylic acid groups (broad SMARTS) is 1. The molecule has 1 aliphatic rings. The maximum absolute atomic E-state index is 14.4. The number of aromatic amines is 1. The summed E-state index contributed by atoms with van der Waals surface area (Å²) in [5, 5.41) is 18.8. The van der Waals surface area contributed by atoms with Gasteiger partial charge in [-0.2, -0.15) is 5.26 Å². The van der Waals surface area contributed by atoms with E-state index in [1.807, 2.05) is 6.07 Å². The Morgan fingerprint density at radius 3 is 2.73 bits per heavy atom. The lowest BCUT2D eigenvalue weighted by Gasteiger charge is -2.28. The topological polar surface area (TPSA) is 164 Å². The molecule has 4 N–H and O–H groups in total. The Morgan fingerprint density at radius 2 is 2.03 bits per heavy atom. The van der Waals surface area contributed by atoms with E-state index in [0.29, 0.717) is 25.7 Å². The molecule has 1 aliphatic carbocycles. The minimum Gasteiger partial charge on any atom is -0.481 e. The number of nitrogen functional groups attached to an aromatic ring is 1. The lowest BCUT2D eigenvalue weighted by molar-refractivity contribution is -0.143. The highest BCUT2D eigenvalue weighted by Crippen LogP contribution is 2.34. The van der Waals surface area contributed by atoms with E-state index in [1.165, 1.54) is 29.1 Å². The highest BCUT2D eigenvalue weighted by molar-refractivity contribution is 5.91. The Kier molecular flexibility index (Phi) is 4.78. The van der Waals surface area contributed by atoms with Crippen molar-refractivity contribution in [3.63, 3.8) is 0 Å². The van der Waals surface area contributed by atoms with Crippen molar-refractivity contribution >= 4 is 33.9 Å². The SMILES string of the molecule is N#Cc1ccc(F)c2cc(-c3nc4c(N)ncnc4n(C4CCC(C(=O)O)CC4)c3=O)[nH]c12. The van der Waals surface area contributed by atoms with E-state index in [9.17, 15) is 24.3 Å². The van der Waals surface area contributed by atoms with Gasteiger partial charge >= 0.3 is 5.97 Å². The molecule has 0 spiro atoms. The molecule has 3 heterocycles. The molecule has 0 amide bonds. The number of nitrogens with two attached hydrogens (primary N) is 1. The van der Waals surface area contributed by atoms with Crippen LogP contribution in [0.2, 0.25) is 0 Å². The summed E-state index contributed by atoms with van der Waals surface area (Å²) in [6.07, 6.45) is 3.04. The number of nitriles is 1. The highest BCUT2D eigenvalue weighted by atomic mass is 19.1. The smallest absolute Gasteiger partial charge is 0.306 e. The van der Waals surface area contributed by atoms with Crippen molar-refractivity contribution in [2.75, 3.05) is 5.73 Å². The molecule has 4 aromatic rings. The van der Waals surface area contributed by atoms with E-state index in [0.717, 1.165) is 0 Å². The van der Waals surface area contributed by atoms with Gasteiger partial charge in [0.05, 0.1) is 22.7 Å². The number of aromatic nitrogens is 5. The zero-order valence-electron chi connectivity index (χ0n) is 17.2. The summed E-state index contributed by atoms with van der Waals surface area (Å²) in [4.78, 5) is 40.5. The summed E-state index contributed by atoms with van der Waals surface area (Å²) >= 11 is 0. The summed E-state index contributed by atoms with van der Waals surface area (Å²) in [5.41, 5.74) is 6.76. The molecule has 0 radical (unpaired) electrons. The second-order valence-electron chi connectivity index (χ2n) is 8.09. The minimum absolute atomic E-state index is 0.0103. The van der Waals surface area contributed by atoms with Crippen LogP contribution in [0.5, 0.6) is 0 Å². The normalized spacial score (nSPS) is 18.4. The van der Waals surface area contributed by atoms with Crippen LogP contribution < -0.4 is 11.3 Å². The van der Waals surface area contributed by atoms with Gasteiger partial charge in [0.15, 0.2) is 17.2 Å². The maximum atomic E-state index is 14.4. The average Bonchev–Trinajstić information content (AvgIpc) is 3.25. The Bertz CT molecular complexity index is 1530. The Morgan fingerprint density at radius 1 is 1.27 bits per heavy atom. The fraction of sp³-hybridized carbons (Fsp3) is 0.273. The zero-order chi connectivity index (χ0) is 23.3. The van der Waals surface area contributed by atoms with Crippen molar-refractivity contribution in [1.82, 2.24) is 24.5 Å². The van der Waals surface area contributed by atoms with Gasteiger partial charge in [0.2, 0.25) is 0 Å². The number of anilines is 1. The number of aliphatic carboxylic acids is 1. The van der Waals surface area contributed by atoms with Gasteiger partial charge in [0, 0.05) is 11.4 Å². The summed E-state index contributed by atoms with van der Waals surface area (Å²) in [5.74, 6) is -1.76. The second kappa shape index (κ2) is 7.67. The fourth-order valence-corrected chi connectivity index (χ4v) is 4.54. The number of nitrogens with one attached hydrogen (secondary N) is 1. The summed E-state index contributed by atoms with van der Waals surface area (Å²) < 4.78 is 15.9. The number of carboxylic acids is 1. The first kappa shape index (κ1) is 20.6. The molecule has 0 bridgehead atoms. The van der Waals surface area contributed by atoms with Crippen molar-refractivity contribution < 1.29 is 14.3 Å². The van der Waals surface area contributed by atoms with Crippen LogP contribution >= 0.6 is 0 Å². The Labute approximate surface area is 185 Å². The van der Waals surface area contributed by atoms with Crippen LogP contribution in [0.15, 0.2) is 29.3 Å². The second-order valence-corrected chi connectivity index (χ2v) is 8.09. The third kappa shape index (κ3) is 3.27. The summed E-state index contributed by atoms with van der Waals surface area (Å²) in [6.45, 7) is 0. The van der Waals surface area contributed by atoms with Crippen LogP contribution in [-0.4, -0.2) is 35.6 Å². The van der Waals surface area contributed by atoms with E-state index in [4.69, 9.17) is 5.73 Å². The molecule has 1 saturated carbocycles. The predicted molar refractivity (Wildman–Crippen MR) is 117 cm³/mol. The third-order valence-corrected chi connectivity index (χ3v) is 6.23. The van der Waals surface area contributed by atoms with Gasteiger partial charge in [-0.15, -0.1) is 0 Å².